The van der Waals surface area contributed by atoms with Gasteiger partial charge in [-0.1, -0.05) is 43.5 Å². The molecular weight excluding hydrogens is 230 g/mol. The quantitative estimate of drug-likeness (QED) is 0.786. The molecule has 3 rings (SSSR count). The molecule has 17 heavy (non-hydrogen) atoms. The average molecular weight is 250 g/mol. The number of benzene rings is 1. The van der Waals surface area contributed by atoms with Crippen molar-refractivity contribution in [1.82, 2.24) is 5.32 Å². The highest BCUT2D eigenvalue weighted by Crippen LogP contribution is 2.36. The zero-order valence-corrected chi connectivity index (χ0v) is 10.9. The molecule has 2 heteroatoms. The van der Waals surface area contributed by atoms with Gasteiger partial charge in [-0.15, -0.1) is 11.6 Å². The van der Waals surface area contributed by atoms with E-state index in [1.807, 2.05) is 0 Å². The lowest BCUT2D eigenvalue weighted by Gasteiger charge is -2.28. The van der Waals surface area contributed by atoms with Gasteiger partial charge in [0.2, 0.25) is 0 Å². The summed E-state index contributed by atoms with van der Waals surface area (Å²) in [7, 11) is 0. The minimum atomic E-state index is 0.231. The van der Waals surface area contributed by atoms with E-state index in [-0.39, 0.29) is 5.38 Å². The van der Waals surface area contributed by atoms with Crippen LogP contribution < -0.4 is 5.32 Å². The summed E-state index contributed by atoms with van der Waals surface area (Å²) in [6, 6.07) is 9.75. The lowest BCUT2D eigenvalue weighted by atomic mass is 9.94. The molecule has 0 spiro atoms. The van der Waals surface area contributed by atoms with Gasteiger partial charge in [-0.25, -0.2) is 0 Å². The molecule has 0 amide bonds. The maximum Gasteiger partial charge on any atom is 0.0571 e. The summed E-state index contributed by atoms with van der Waals surface area (Å²) in [5.41, 5.74) is 2.86. The molecule has 92 valence electrons. The van der Waals surface area contributed by atoms with Crippen LogP contribution in [0.3, 0.4) is 0 Å². The molecular formula is C15H20ClN. The zero-order chi connectivity index (χ0) is 11.7. The van der Waals surface area contributed by atoms with Crippen molar-refractivity contribution >= 4 is 11.6 Å². The van der Waals surface area contributed by atoms with Crippen molar-refractivity contribution in [2.24, 2.45) is 0 Å². The van der Waals surface area contributed by atoms with Gasteiger partial charge in [0.15, 0.2) is 0 Å². The molecule has 0 bridgehead atoms. The first-order valence-corrected chi connectivity index (χ1v) is 7.26. The van der Waals surface area contributed by atoms with Crippen LogP contribution in [0.15, 0.2) is 24.3 Å². The number of alkyl halides is 1. The standard InChI is InChI=1S/C15H20ClN/c16-14-10-11-6-4-5-9-13(11)15(14)17-12-7-2-1-3-8-12/h4-6,9,12,14-15,17H,1-3,7-8,10H2. The van der Waals surface area contributed by atoms with Crippen LogP contribution in [0.4, 0.5) is 0 Å². The van der Waals surface area contributed by atoms with Gasteiger partial charge in [0.25, 0.3) is 0 Å². The minimum absolute atomic E-state index is 0.231. The second-order valence-electron chi connectivity index (χ2n) is 5.40. The van der Waals surface area contributed by atoms with Crippen LogP contribution in [0.1, 0.15) is 49.3 Å². The van der Waals surface area contributed by atoms with Crippen molar-refractivity contribution in [3.8, 4) is 0 Å². The second-order valence-corrected chi connectivity index (χ2v) is 5.96. The Morgan fingerprint density at radius 3 is 2.65 bits per heavy atom. The molecule has 1 N–H and O–H groups in total. The first-order valence-electron chi connectivity index (χ1n) is 6.82. The molecule has 0 radical (unpaired) electrons. The first kappa shape index (κ1) is 11.6. The van der Waals surface area contributed by atoms with E-state index in [0.29, 0.717) is 12.1 Å². The third-order valence-electron chi connectivity index (χ3n) is 4.19. The van der Waals surface area contributed by atoms with Crippen LogP contribution in [0.25, 0.3) is 0 Å². The Hall–Kier alpha value is -0.530. The van der Waals surface area contributed by atoms with E-state index >= 15 is 0 Å². The van der Waals surface area contributed by atoms with Crippen LogP contribution in [-0.2, 0) is 6.42 Å². The number of nitrogens with one attached hydrogen (secondary N) is 1. The first-order chi connectivity index (χ1) is 8.34. The zero-order valence-electron chi connectivity index (χ0n) is 10.2. The molecule has 1 fully saturated rings. The molecule has 1 aromatic carbocycles. The van der Waals surface area contributed by atoms with E-state index in [9.17, 15) is 0 Å². The second kappa shape index (κ2) is 4.99. The van der Waals surface area contributed by atoms with E-state index in [1.165, 1.54) is 43.2 Å². The lowest BCUT2D eigenvalue weighted by molar-refractivity contribution is 0.339. The molecule has 0 saturated heterocycles. The lowest BCUT2D eigenvalue weighted by Crippen LogP contribution is -2.36. The van der Waals surface area contributed by atoms with E-state index in [4.69, 9.17) is 11.6 Å². The van der Waals surface area contributed by atoms with Crippen LogP contribution in [-0.4, -0.2) is 11.4 Å². The van der Waals surface area contributed by atoms with Crippen LogP contribution >= 0.6 is 11.6 Å². The summed E-state index contributed by atoms with van der Waals surface area (Å²) >= 11 is 6.50. The Bertz CT molecular complexity index is 384. The number of hydrogen-bond donors (Lipinski definition) is 1. The van der Waals surface area contributed by atoms with Crippen LogP contribution in [0, 0.1) is 0 Å². The highest BCUT2D eigenvalue weighted by atomic mass is 35.5. The molecule has 1 saturated carbocycles. The minimum Gasteiger partial charge on any atom is -0.306 e. The smallest absolute Gasteiger partial charge is 0.0571 e. The summed E-state index contributed by atoms with van der Waals surface area (Å²) in [5.74, 6) is 0. The van der Waals surface area contributed by atoms with Crippen molar-refractivity contribution in [1.29, 1.82) is 0 Å². The van der Waals surface area contributed by atoms with Gasteiger partial charge < -0.3 is 5.32 Å². The predicted molar refractivity (Wildman–Crippen MR) is 72.5 cm³/mol. The fourth-order valence-electron chi connectivity index (χ4n) is 3.26. The van der Waals surface area contributed by atoms with E-state index < -0.39 is 0 Å². The summed E-state index contributed by atoms with van der Waals surface area (Å²) in [6.45, 7) is 0. The molecule has 1 aromatic rings. The van der Waals surface area contributed by atoms with Crippen LogP contribution in [0.5, 0.6) is 0 Å². The summed E-state index contributed by atoms with van der Waals surface area (Å²) in [5, 5.41) is 4.02. The normalized spacial score (nSPS) is 29.2. The van der Waals surface area contributed by atoms with Gasteiger partial charge in [-0.2, -0.15) is 0 Å². The monoisotopic (exact) mass is 249 g/mol. The topological polar surface area (TPSA) is 12.0 Å². The maximum atomic E-state index is 6.50. The highest BCUT2D eigenvalue weighted by Gasteiger charge is 2.32. The van der Waals surface area contributed by atoms with Gasteiger partial charge in [0.05, 0.1) is 5.38 Å². The highest BCUT2D eigenvalue weighted by molar-refractivity contribution is 6.21. The number of hydrogen-bond acceptors (Lipinski definition) is 1. The molecule has 2 aliphatic rings. The molecule has 2 unspecified atom stereocenters. The fraction of sp³-hybridized carbons (Fsp3) is 0.600. The summed E-state index contributed by atoms with van der Waals surface area (Å²) in [6.07, 6.45) is 7.81. The van der Waals surface area contributed by atoms with Gasteiger partial charge >= 0.3 is 0 Å². The Balaban J connectivity index is 1.74. The third-order valence-corrected chi connectivity index (χ3v) is 4.59. The molecule has 2 atom stereocenters. The number of fused-ring (bicyclic) bond motifs is 1. The van der Waals surface area contributed by atoms with E-state index in [1.54, 1.807) is 0 Å². The van der Waals surface area contributed by atoms with Gasteiger partial charge in [-0.3, -0.25) is 0 Å². The Morgan fingerprint density at radius 2 is 1.82 bits per heavy atom. The predicted octanol–water partition coefficient (Wildman–Crippen LogP) is 3.81. The molecule has 1 nitrogen and oxygen atoms in total. The Morgan fingerprint density at radius 1 is 1.06 bits per heavy atom. The average Bonchev–Trinajstić information content (AvgIpc) is 2.68. The largest absolute Gasteiger partial charge is 0.306 e. The third kappa shape index (κ3) is 2.36. The van der Waals surface area contributed by atoms with Gasteiger partial charge in [0.1, 0.15) is 0 Å². The Labute approximate surface area is 109 Å². The van der Waals surface area contributed by atoms with Crippen LogP contribution in [0.2, 0.25) is 0 Å². The molecule has 0 heterocycles. The van der Waals surface area contributed by atoms with E-state index in [0.717, 1.165) is 6.42 Å². The van der Waals surface area contributed by atoms with Crippen molar-refractivity contribution < 1.29 is 0 Å². The summed E-state index contributed by atoms with van der Waals surface area (Å²) < 4.78 is 0. The fourth-order valence-corrected chi connectivity index (χ4v) is 3.64. The summed E-state index contributed by atoms with van der Waals surface area (Å²) in [4.78, 5) is 0. The SMILES string of the molecule is ClC1Cc2ccccc2C1NC1CCCCC1. The number of rotatable bonds is 2. The Kier molecular flexibility index (Phi) is 3.39. The number of halogens is 1. The van der Waals surface area contributed by atoms with Crippen molar-refractivity contribution in [3.63, 3.8) is 0 Å². The van der Waals surface area contributed by atoms with Gasteiger partial charge in [0, 0.05) is 12.1 Å². The van der Waals surface area contributed by atoms with E-state index in [2.05, 4.69) is 29.6 Å². The van der Waals surface area contributed by atoms with Crippen molar-refractivity contribution in [2.45, 2.75) is 56.0 Å². The van der Waals surface area contributed by atoms with Crippen molar-refractivity contribution in [2.75, 3.05) is 0 Å². The molecule has 0 aromatic heterocycles. The molecule has 2 aliphatic carbocycles. The molecule has 0 aliphatic heterocycles. The van der Waals surface area contributed by atoms with Gasteiger partial charge in [-0.05, 0) is 30.4 Å². The maximum absolute atomic E-state index is 6.50. The van der Waals surface area contributed by atoms with Crippen molar-refractivity contribution in [3.05, 3.63) is 35.4 Å².